The lowest BCUT2D eigenvalue weighted by molar-refractivity contribution is -0.144. The first-order chi connectivity index (χ1) is 14.4. The third-order valence-electron chi connectivity index (χ3n) is 5.01. The average molecular weight is 420 g/mol. The highest BCUT2D eigenvalue weighted by Gasteiger charge is 2.12. The lowest BCUT2D eigenvalue weighted by Crippen LogP contribution is -2.07. The Morgan fingerprint density at radius 3 is 2.17 bits per heavy atom. The molecule has 0 aliphatic heterocycles. The highest BCUT2D eigenvalue weighted by molar-refractivity contribution is 6.02. The number of aromatic hydroxyl groups is 1. The van der Waals surface area contributed by atoms with Crippen LogP contribution in [0.4, 0.5) is 0 Å². The Morgan fingerprint density at radius 1 is 0.900 bits per heavy atom. The van der Waals surface area contributed by atoms with Crippen LogP contribution in [0.1, 0.15) is 102 Å². The van der Waals surface area contributed by atoms with Gasteiger partial charge in [-0.1, -0.05) is 75.1 Å². The summed E-state index contributed by atoms with van der Waals surface area (Å²) < 4.78 is 0. The highest BCUT2D eigenvalue weighted by Crippen LogP contribution is 2.22. The molecule has 6 heteroatoms. The second kappa shape index (κ2) is 15.5. The van der Waals surface area contributed by atoms with Gasteiger partial charge in [0.15, 0.2) is 0 Å². The largest absolute Gasteiger partial charge is 0.507 e. The number of phenols is 1. The molecule has 0 fully saturated rings. The molecule has 0 bridgehead atoms. The number of rotatable bonds is 16. The van der Waals surface area contributed by atoms with Gasteiger partial charge in [0.25, 0.3) is 0 Å². The van der Waals surface area contributed by atoms with Gasteiger partial charge in [-0.05, 0) is 38.3 Å². The number of phenolic OH excluding ortho intramolecular Hbond substituents is 1. The molecule has 6 nitrogen and oxygen atoms in total. The van der Waals surface area contributed by atoms with Crippen molar-refractivity contribution in [1.82, 2.24) is 0 Å². The van der Waals surface area contributed by atoms with E-state index in [1.54, 1.807) is 6.07 Å². The van der Waals surface area contributed by atoms with Crippen LogP contribution in [0.5, 0.6) is 5.75 Å². The molecule has 30 heavy (non-hydrogen) atoms. The van der Waals surface area contributed by atoms with Crippen molar-refractivity contribution in [3.63, 3.8) is 0 Å². The van der Waals surface area contributed by atoms with E-state index in [1.807, 2.05) is 19.1 Å². The third kappa shape index (κ3) is 11.6. The normalized spacial score (nSPS) is 11.5. The zero-order valence-electron chi connectivity index (χ0n) is 18.5. The number of carbonyl (C=O) groups excluding carboxylic acids is 1. The van der Waals surface area contributed by atoms with E-state index in [2.05, 4.69) is 12.1 Å². The molecule has 0 aliphatic rings. The van der Waals surface area contributed by atoms with Crippen LogP contribution in [0.25, 0.3) is 0 Å². The van der Waals surface area contributed by atoms with Crippen molar-refractivity contribution in [3.8, 4) is 5.75 Å². The Balaban J connectivity index is 2.56. The molecular formula is C24H37NO5. The van der Waals surface area contributed by atoms with E-state index in [1.165, 1.54) is 38.5 Å². The van der Waals surface area contributed by atoms with E-state index in [-0.39, 0.29) is 25.0 Å². The standard InChI is InChI=1S/C24H37NO5/c1-3-4-5-6-7-8-9-10-11-13-21(20-18-19(2)16-17-22(20)26)25-30-24(29)15-12-14-23(27)28/h16-18,26H,3-15H2,1-2H3,(H,27,28)/b25-21+. The third-order valence-corrected chi connectivity index (χ3v) is 5.01. The Labute approximate surface area is 180 Å². The smallest absolute Gasteiger partial charge is 0.335 e. The molecule has 168 valence electrons. The molecule has 1 aromatic carbocycles. The van der Waals surface area contributed by atoms with Gasteiger partial charge in [0, 0.05) is 18.4 Å². The van der Waals surface area contributed by atoms with Crippen molar-refractivity contribution >= 4 is 17.7 Å². The topological polar surface area (TPSA) is 96.2 Å². The van der Waals surface area contributed by atoms with Crippen LogP contribution in [0.2, 0.25) is 0 Å². The molecular weight excluding hydrogens is 382 g/mol. The average Bonchev–Trinajstić information content (AvgIpc) is 2.70. The summed E-state index contributed by atoms with van der Waals surface area (Å²) in [6.07, 6.45) is 11.6. The lowest BCUT2D eigenvalue weighted by atomic mass is 10.00. The zero-order chi connectivity index (χ0) is 22.2. The number of hydrogen-bond donors (Lipinski definition) is 2. The van der Waals surface area contributed by atoms with Crippen molar-refractivity contribution in [3.05, 3.63) is 29.3 Å². The van der Waals surface area contributed by atoms with Crippen LogP contribution in [-0.4, -0.2) is 27.9 Å². The Morgan fingerprint density at radius 2 is 1.53 bits per heavy atom. The number of benzene rings is 1. The SMILES string of the molecule is CCCCCCCCCCC/C(=N\OC(=O)CCCC(=O)O)c1cc(C)ccc1O. The summed E-state index contributed by atoms with van der Waals surface area (Å²) in [4.78, 5) is 27.4. The lowest BCUT2D eigenvalue weighted by Gasteiger charge is -2.10. The van der Waals surface area contributed by atoms with Gasteiger partial charge in [-0.3, -0.25) is 4.79 Å². The molecule has 0 saturated carbocycles. The number of carboxylic acid groups (broad SMARTS) is 1. The minimum absolute atomic E-state index is 0.000904. The van der Waals surface area contributed by atoms with Crippen molar-refractivity contribution in [2.45, 2.75) is 97.3 Å². The summed E-state index contributed by atoms with van der Waals surface area (Å²) in [5.74, 6) is -1.40. The van der Waals surface area contributed by atoms with E-state index >= 15 is 0 Å². The number of nitrogens with zero attached hydrogens (tertiary/aromatic N) is 1. The fourth-order valence-corrected chi connectivity index (χ4v) is 3.25. The maximum absolute atomic E-state index is 11.9. The molecule has 0 spiro atoms. The summed E-state index contributed by atoms with van der Waals surface area (Å²) in [7, 11) is 0. The predicted octanol–water partition coefficient (Wildman–Crippen LogP) is 6.12. The molecule has 2 N–H and O–H groups in total. The van der Waals surface area contributed by atoms with Crippen molar-refractivity contribution < 1.29 is 24.6 Å². The fraction of sp³-hybridized carbons (Fsp3) is 0.625. The predicted molar refractivity (Wildman–Crippen MR) is 119 cm³/mol. The van der Waals surface area contributed by atoms with Gasteiger partial charge in [-0.25, -0.2) is 4.79 Å². The fourth-order valence-electron chi connectivity index (χ4n) is 3.25. The molecule has 0 aliphatic carbocycles. The highest BCUT2D eigenvalue weighted by atomic mass is 16.7. The summed E-state index contributed by atoms with van der Waals surface area (Å²) in [6, 6.07) is 5.26. The van der Waals surface area contributed by atoms with Crippen molar-refractivity contribution in [2.75, 3.05) is 0 Å². The zero-order valence-corrected chi connectivity index (χ0v) is 18.5. The Hall–Kier alpha value is -2.37. The molecule has 0 amide bonds. The molecule has 1 rings (SSSR count). The number of aliphatic carboxylic acids is 1. The van der Waals surface area contributed by atoms with E-state index < -0.39 is 11.9 Å². The summed E-state index contributed by atoms with van der Waals surface area (Å²) in [5, 5.41) is 22.9. The molecule has 0 aromatic heterocycles. The maximum atomic E-state index is 11.9. The second-order valence-corrected chi connectivity index (χ2v) is 7.85. The maximum Gasteiger partial charge on any atom is 0.335 e. The number of carboxylic acids is 1. The molecule has 0 atom stereocenters. The summed E-state index contributed by atoms with van der Waals surface area (Å²) in [6.45, 7) is 4.15. The quantitative estimate of drug-likeness (QED) is 0.145. The van der Waals surface area contributed by atoms with Crippen LogP contribution in [0.3, 0.4) is 0 Å². The Bertz CT molecular complexity index is 684. The van der Waals surface area contributed by atoms with Crippen LogP contribution in [-0.2, 0) is 14.4 Å². The first-order valence-corrected chi connectivity index (χ1v) is 11.2. The van der Waals surface area contributed by atoms with E-state index in [0.29, 0.717) is 17.7 Å². The monoisotopic (exact) mass is 419 g/mol. The number of unbranched alkanes of at least 4 members (excludes halogenated alkanes) is 8. The summed E-state index contributed by atoms with van der Waals surface area (Å²) >= 11 is 0. The molecule has 0 radical (unpaired) electrons. The second-order valence-electron chi connectivity index (χ2n) is 7.85. The van der Waals surface area contributed by atoms with E-state index in [0.717, 1.165) is 24.8 Å². The minimum Gasteiger partial charge on any atom is -0.507 e. The van der Waals surface area contributed by atoms with Crippen LogP contribution in [0.15, 0.2) is 23.4 Å². The van der Waals surface area contributed by atoms with Gasteiger partial charge < -0.3 is 15.1 Å². The Kier molecular flexibility index (Phi) is 13.2. The first-order valence-electron chi connectivity index (χ1n) is 11.2. The number of oxime groups is 1. The van der Waals surface area contributed by atoms with Gasteiger partial charge in [0.05, 0.1) is 5.71 Å². The van der Waals surface area contributed by atoms with Crippen LogP contribution in [0, 0.1) is 6.92 Å². The van der Waals surface area contributed by atoms with Crippen molar-refractivity contribution in [2.24, 2.45) is 5.16 Å². The summed E-state index contributed by atoms with van der Waals surface area (Å²) in [5.41, 5.74) is 2.11. The minimum atomic E-state index is -0.943. The van der Waals surface area contributed by atoms with Gasteiger partial charge in [-0.15, -0.1) is 0 Å². The number of hydrogen-bond acceptors (Lipinski definition) is 5. The number of carbonyl (C=O) groups is 2. The van der Waals surface area contributed by atoms with Gasteiger partial charge >= 0.3 is 11.9 Å². The molecule has 0 heterocycles. The molecule has 0 saturated heterocycles. The first kappa shape index (κ1) is 25.7. The molecule has 0 unspecified atom stereocenters. The van der Waals surface area contributed by atoms with Crippen LogP contribution >= 0.6 is 0 Å². The van der Waals surface area contributed by atoms with Gasteiger partial charge in [-0.2, -0.15) is 0 Å². The van der Waals surface area contributed by atoms with E-state index in [9.17, 15) is 14.7 Å². The number of aryl methyl sites for hydroxylation is 1. The van der Waals surface area contributed by atoms with Crippen LogP contribution < -0.4 is 0 Å². The van der Waals surface area contributed by atoms with Gasteiger partial charge in [0.1, 0.15) is 5.75 Å². The van der Waals surface area contributed by atoms with Crippen molar-refractivity contribution in [1.29, 1.82) is 0 Å². The van der Waals surface area contributed by atoms with E-state index in [4.69, 9.17) is 9.94 Å². The van der Waals surface area contributed by atoms with Gasteiger partial charge in [0.2, 0.25) is 0 Å². The molecule has 1 aromatic rings.